The van der Waals surface area contributed by atoms with Crippen molar-refractivity contribution in [1.82, 2.24) is 10.0 Å². The van der Waals surface area contributed by atoms with Gasteiger partial charge in [0.2, 0.25) is 15.9 Å². The Morgan fingerprint density at radius 3 is 2.27 bits per heavy atom. The normalized spacial score (nSPS) is 11.1. The molecule has 2 aromatic carbocycles. The number of non-ortho nitro benzene ring substituents is 1. The van der Waals surface area contributed by atoms with Gasteiger partial charge < -0.3 is 5.32 Å². The van der Waals surface area contributed by atoms with E-state index in [1.165, 1.54) is 12.1 Å². The van der Waals surface area contributed by atoms with E-state index in [0.29, 0.717) is 12.8 Å². The third-order valence-corrected chi connectivity index (χ3v) is 5.06. The summed E-state index contributed by atoms with van der Waals surface area (Å²) in [6, 6.07) is 14.2. The maximum Gasteiger partial charge on any atom is 0.269 e. The molecule has 1 amide bonds. The molecule has 0 aliphatic heterocycles. The molecule has 0 saturated heterocycles. The van der Waals surface area contributed by atoms with Crippen LogP contribution >= 0.6 is 0 Å². The molecule has 0 unspecified atom stereocenters. The molecule has 0 spiro atoms. The van der Waals surface area contributed by atoms with Crippen LogP contribution in [0.25, 0.3) is 0 Å². The monoisotopic (exact) mass is 377 g/mol. The van der Waals surface area contributed by atoms with Crippen molar-refractivity contribution in [3.05, 3.63) is 70.3 Å². The van der Waals surface area contributed by atoms with Crippen molar-refractivity contribution in [1.29, 1.82) is 0 Å². The van der Waals surface area contributed by atoms with Crippen LogP contribution in [0.5, 0.6) is 0 Å². The highest BCUT2D eigenvalue weighted by Gasteiger charge is 2.15. The van der Waals surface area contributed by atoms with Gasteiger partial charge in [-0.15, -0.1) is 0 Å². The van der Waals surface area contributed by atoms with Crippen molar-refractivity contribution in [3.8, 4) is 0 Å². The molecular weight excluding hydrogens is 358 g/mol. The number of benzene rings is 2. The first-order valence-electron chi connectivity index (χ1n) is 7.93. The topological polar surface area (TPSA) is 118 Å². The van der Waals surface area contributed by atoms with E-state index in [1.807, 2.05) is 30.3 Å². The summed E-state index contributed by atoms with van der Waals surface area (Å²) in [4.78, 5) is 21.7. The molecule has 138 valence electrons. The van der Waals surface area contributed by atoms with Crippen LogP contribution in [0.2, 0.25) is 0 Å². The predicted octanol–water partition coefficient (Wildman–Crippen LogP) is 1.62. The third-order valence-electron chi connectivity index (χ3n) is 3.58. The summed E-state index contributed by atoms with van der Waals surface area (Å²) in [5.41, 5.74) is 0.871. The lowest BCUT2D eigenvalue weighted by Crippen LogP contribution is -2.34. The van der Waals surface area contributed by atoms with Crippen LogP contribution in [-0.2, 0) is 21.2 Å². The first kappa shape index (κ1) is 19.5. The highest BCUT2D eigenvalue weighted by atomic mass is 32.2. The van der Waals surface area contributed by atoms with Gasteiger partial charge in [-0.1, -0.05) is 30.3 Å². The zero-order valence-electron chi connectivity index (χ0n) is 13.9. The number of carbonyl (C=O) groups excluding carboxylic acids is 1. The lowest BCUT2D eigenvalue weighted by Gasteiger charge is -2.08. The summed E-state index contributed by atoms with van der Waals surface area (Å²) in [7, 11) is -3.78. The Bertz CT molecular complexity index is 852. The van der Waals surface area contributed by atoms with Crippen LogP contribution in [0.15, 0.2) is 59.5 Å². The SMILES string of the molecule is O=C(CCc1ccccc1)NCCNS(=O)(=O)c1ccc([N+](=O)[O-])cc1. The Hall–Kier alpha value is -2.78. The molecule has 0 bridgehead atoms. The number of nitrogens with one attached hydrogen (secondary N) is 2. The van der Waals surface area contributed by atoms with Crippen molar-refractivity contribution in [2.24, 2.45) is 0 Å². The summed E-state index contributed by atoms with van der Waals surface area (Å²) < 4.78 is 26.5. The molecule has 0 aromatic heterocycles. The number of hydrogen-bond donors (Lipinski definition) is 2. The second kappa shape index (κ2) is 9.07. The molecule has 8 nitrogen and oxygen atoms in total. The minimum atomic E-state index is -3.78. The molecule has 0 saturated carbocycles. The molecular formula is C17H19N3O5S. The number of carbonyl (C=O) groups is 1. The van der Waals surface area contributed by atoms with Gasteiger partial charge in [0, 0.05) is 31.6 Å². The Kier molecular flexibility index (Phi) is 6.81. The van der Waals surface area contributed by atoms with Crippen LogP contribution in [0.1, 0.15) is 12.0 Å². The van der Waals surface area contributed by atoms with Gasteiger partial charge in [0.05, 0.1) is 9.82 Å². The zero-order chi connectivity index (χ0) is 19.0. The Labute approximate surface area is 151 Å². The minimum Gasteiger partial charge on any atom is -0.355 e. The Balaban J connectivity index is 1.74. The van der Waals surface area contributed by atoms with Crippen molar-refractivity contribution in [2.45, 2.75) is 17.7 Å². The number of amides is 1. The molecule has 9 heteroatoms. The fourth-order valence-electron chi connectivity index (χ4n) is 2.21. The molecule has 2 N–H and O–H groups in total. The van der Waals surface area contributed by atoms with Gasteiger partial charge in [0.15, 0.2) is 0 Å². The van der Waals surface area contributed by atoms with Gasteiger partial charge in [-0.05, 0) is 24.1 Å². The number of nitro groups is 1. The van der Waals surface area contributed by atoms with Gasteiger partial charge >= 0.3 is 0 Å². The molecule has 2 aromatic rings. The first-order chi connectivity index (χ1) is 12.4. The first-order valence-corrected chi connectivity index (χ1v) is 9.41. The fourth-order valence-corrected chi connectivity index (χ4v) is 3.24. The molecule has 0 aliphatic carbocycles. The van der Waals surface area contributed by atoms with Crippen LogP contribution in [0.3, 0.4) is 0 Å². The minimum absolute atomic E-state index is 0.0242. The zero-order valence-corrected chi connectivity index (χ0v) is 14.7. The number of rotatable bonds is 9. The third kappa shape index (κ3) is 5.94. The molecule has 0 radical (unpaired) electrons. The van der Waals surface area contributed by atoms with Gasteiger partial charge in [-0.2, -0.15) is 0 Å². The molecule has 0 aliphatic rings. The number of nitro benzene ring substituents is 1. The molecule has 0 fully saturated rings. The quantitative estimate of drug-likeness (QED) is 0.391. The molecule has 26 heavy (non-hydrogen) atoms. The van der Waals surface area contributed by atoms with Crippen molar-refractivity contribution in [3.63, 3.8) is 0 Å². The second-order valence-corrected chi connectivity index (χ2v) is 7.25. The summed E-state index contributed by atoms with van der Waals surface area (Å²) >= 11 is 0. The van der Waals surface area contributed by atoms with Crippen LogP contribution in [-0.4, -0.2) is 32.3 Å². The Morgan fingerprint density at radius 2 is 1.65 bits per heavy atom. The van der Waals surface area contributed by atoms with Gasteiger partial charge in [-0.3, -0.25) is 14.9 Å². The Morgan fingerprint density at radius 1 is 1.00 bits per heavy atom. The summed E-state index contributed by atoms with van der Waals surface area (Å²) in [5.74, 6) is -0.164. The van der Waals surface area contributed by atoms with Crippen molar-refractivity contribution in [2.75, 3.05) is 13.1 Å². The van der Waals surface area contributed by atoms with Gasteiger partial charge in [-0.25, -0.2) is 13.1 Å². The van der Waals surface area contributed by atoms with E-state index in [9.17, 15) is 23.3 Å². The van der Waals surface area contributed by atoms with E-state index in [0.717, 1.165) is 17.7 Å². The maximum atomic E-state index is 12.1. The average Bonchev–Trinajstić information content (AvgIpc) is 2.64. The predicted molar refractivity (Wildman–Crippen MR) is 96.1 cm³/mol. The highest BCUT2D eigenvalue weighted by Crippen LogP contribution is 2.15. The van der Waals surface area contributed by atoms with E-state index < -0.39 is 14.9 Å². The van der Waals surface area contributed by atoms with Crippen LogP contribution in [0.4, 0.5) is 5.69 Å². The molecule has 0 atom stereocenters. The van der Waals surface area contributed by atoms with Gasteiger partial charge in [0.25, 0.3) is 5.69 Å². The number of hydrogen-bond acceptors (Lipinski definition) is 5. The number of nitrogens with zero attached hydrogens (tertiary/aromatic N) is 1. The van der Waals surface area contributed by atoms with Crippen molar-refractivity contribution < 1.29 is 18.1 Å². The highest BCUT2D eigenvalue weighted by molar-refractivity contribution is 7.89. The van der Waals surface area contributed by atoms with E-state index in [4.69, 9.17) is 0 Å². The second-order valence-electron chi connectivity index (χ2n) is 5.48. The summed E-state index contributed by atoms with van der Waals surface area (Å²) in [6.07, 6.45) is 0.931. The smallest absolute Gasteiger partial charge is 0.269 e. The summed E-state index contributed by atoms with van der Waals surface area (Å²) in [6.45, 7) is 0.177. The van der Waals surface area contributed by atoms with Crippen molar-refractivity contribution >= 4 is 21.6 Å². The largest absolute Gasteiger partial charge is 0.355 e. The lowest BCUT2D eigenvalue weighted by molar-refractivity contribution is -0.384. The standard InChI is InChI=1S/C17H19N3O5S/c21-17(11-6-14-4-2-1-3-5-14)18-12-13-19-26(24,25)16-9-7-15(8-10-16)20(22)23/h1-5,7-10,19H,6,11-13H2,(H,18,21). The van der Waals surface area contributed by atoms with E-state index >= 15 is 0 Å². The maximum absolute atomic E-state index is 12.1. The van der Waals surface area contributed by atoms with Gasteiger partial charge in [0.1, 0.15) is 0 Å². The van der Waals surface area contributed by atoms with Crippen LogP contribution in [0, 0.1) is 10.1 Å². The molecule has 0 heterocycles. The fraction of sp³-hybridized carbons (Fsp3) is 0.235. The lowest BCUT2D eigenvalue weighted by atomic mass is 10.1. The van der Waals surface area contributed by atoms with E-state index in [2.05, 4.69) is 10.0 Å². The number of sulfonamides is 1. The van der Waals surface area contributed by atoms with E-state index in [1.54, 1.807) is 0 Å². The average molecular weight is 377 g/mol. The summed E-state index contributed by atoms with van der Waals surface area (Å²) in [5, 5.41) is 13.2. The van der Waals surface area contributed by atoms with E-state index in [-0.39, 0.29) is 29.6 Å². The molecule has 2 rings (SSSR count). The number of aryl methyl sites for hydroxylation is 1. The van der Waals surface area contributed by atoms with Crippen LogP contribution < -0.4 is 10.0 Å².